The fourth-order valence-electron chi connectivity index (χ4n) is 4.38. The van der Waals surface area contributed by atoms with Gasteiger partial charge in [-0.05, 0) is 37.6 Å². The summed E-state index contributed by atoms with van der Waals surface area (Å²) in [5.74, 6) is 0.925. The molecule has 3 aliphatic heterocycles. The number of carbonyl (C=O) groups is 2. The molecule has 4 heterocycles. The highest BCUT2D eigenvalue weighted by Crippen LogP contribution is 2.46. The van der Waals surface area contributed by atoms with E-state index < -0.39 is 0 Å². The molecular formula is C22H23ClN4O2S2. The van der Waals surface area contributed by atoms with Crippen molar-refractivity contribution in [3.63, 3.8) is 0 Å². The average Bonchev–Trinajstić information content (AvgIpc) is 3.37. The molecule has 2 atom stereocenters. The third-order valence-electron chi connectivity index (χ3n) is 6.11. The molecule has 1 fully saturated rings. The first-order chi connectivity index (χ1) is 14.9. The van der Waals surface area contributed by atoms with Crippen molar-refractivity contribution in [3.05, 3.63) is 45.3 Å². The van der Waals surface area contributed by atoms with E-state index in [1.807, 2.05) is 24.0 Å². The number of hydrazone groups is 1. The summed E-state index contributed by atoms with van der Waals surface area (Å²) in [6, 6.07) is 8.04. The topological polar surface area (TPSA) is 65.0 Å². The molecule has 1 saturated heterocycles. The van der Waals surface area contributed by atoms with E-state index in [0.29, 0.717) is 18.8 Å². The monoisotopic (exact) mass is 474 g/mol. The van der Waals surface area contributed by atoms with Gasteiger partial charge in [-0.25, -0.2) is 0 Å². The van der Waals surface area contributed by atoms with E-state index in [4.69, 9.17) is 11.6 Å². The van der Waals surface area contributed by atoms with Crippen LogP contribution < -0.4 is 10.3 Å². The number of carbonyl (C=O) groups excluding carboxylic acids is 2. The number of rotatable bonds is 3. The third kappa shape index (κ3) is 3.75. The van der Waals surface area contributed by atoms with Crippen LogP contribution in [0.25, 0.3) is 0 Å². The largest absolute Gasteiger partial charge is 0.367 e. The number of fused-ring (bicyclic) bond motifs is 3. The minimum atomic E-state index is -0.0211. The van der Waals surface area contributed by atoms with Crippen LogP contribution in [0.5, 0.6) is 0 Å². The number of piperazine rings is 1. The number of hydrogen-bond acceptors (Lipinski definition) is 7. The molecule has 0 aliphatic carbocycles. The van der Waals surface area contributed by atoms with E-state index in [1.165, 1.54) is 0 Å². The van der Waals surface area contributed by atoms with Gasteiger partial charge in [-0.1, -0.05) is 17.7 Å². The molecule has 2 unspecified atom stereocenters. The number of thiophene rings is 1. The first kappa shape index (κ1) is 20.8. The molecule has 5 rings (SSSR count). The fraction of sp³-hybridized carbons (Fsp3) is 0.409. The summed E-state index contributed by atoms with van der Waals surface area (Å²) in [5.41, 5.74) is 7.05. The summed E-state index contributed by atoms with van der Waals surface area (Å²) < 4.78 is 1.16. The number of amides is 1. The molecule has 0 saturated carbocycles. The van der Waals surface area contributed by atoms with Gasteiger partial charge >= 0.3 is 0 Å². The number of hydrogen-bond donors (Lipinski definition) is 1. The van der Waals surface area contributed by atoms with Crippen molar-refractivity contribution < 1.29 is 9.59 Å². The Labute approximate surface area is 194 Å². The van der Waals surface area contributed by atoms with Crippen LogP contribution in [0, 0.1) is 12.8 Å². The van der Waals surface area contributed by atoms with Gasteiger partial charge in [-0.15, -0.1) is 23.1 Å². The lowest BCUT2D eigenvalue weighted by molar-refractivity contribution is -0.124. The van der Waals surface area contributed by atoms with Gasteiger partial charge in [-0.2, -0.15) is 5.10 Å². The SMILES string of the molecule is CC(=O)c1cc2c(s1)SCC1C(C(=O)N3CCN(c4ccc(C)cc4Cl)CC3)=NNC21. The number of thioether (sulfide) groups is 1. The number of Topliss-reactive ketones (excluding diaryl/α,β-unsaturated/α-hetero) is 1. The molecule has 9 heteroatoms. The lowest BCUT2D eigenvalue weighted by Gasteiger charge is -2.37. The molecule has 6 nitrogen and oxygen atoms in total. The van der Waals surface area contributed by atoms with Crippen LogP contribution in [-0.2, 0) is 4.79 Å². The summed E-state index contributed by atoms with van der Waals surface area (Å²) in [6.07, 6.45) is 0. The number of benzene rings is 1. The first-order valence-corrected chi connectivity index (χ1v) is 12.5. The molecule has 1 aromatic carbocycles. The zero-order valence-electron chi connectivity index (χ0n) is 17.4. The number of nitrogens with zero attached hydrogens (tertiary/aromatic N) is 3. The molecule has 162 valence electrons. The third-order valence-corrected chi connectivity index (χ3v) is 9.08. The molecule has 1 N–H and O–H groups in total. The number of anilines is 1. The Kier molecular flexibility index (Phi) is 5.48. The van der Waals surface area contributed by atoms with E-state index in [9.17, 15) is 9.59 Å². The summed E-state index contributed by atoms with van der Waals surface area (Å²) in [6.45, 7) is 6.40. The van der Waals surface area contributed by atoms with Crippen molar-refractivity contribution in [2.45, 2.75) is 24.1 Å². The lowest BCUT2D eigenvalue weighted by atomic mass is 9.92. The molecule has 3 aliphatic rings. The molecule has 0 radical (unpaired) electrons. The van der Waals surface area contributed by atoms with Gasteiger partial charge in [-0.3, -0.25) is 9.59 Å². The summed E-state index contributed by atoms with van der Waals surface area (Å²) >= 11 is 9.70. The van der Waals surface area contributed by atoms with Crippen LogP contribution >= 0.6 is 34.7 Å². The maximum Gasteiger partial charge on any atom is 0.270 e. The van der Waals surface area contributed by atoms with E-state index >= 15 is 0 Å². The van der Waals surface area contributed by atoms with Crippen LogP contribution in [0.4, 0.5) is 5.69 Å². The average molecular weight is 475 g/mol. The lowest BCUT2D eigenvalue weighted by Crippen LogP contribution is -2.51. The van der Waals surface area contributed by atoms with Gasteiger partial charge in [0.25, 0.3) is 5.91 Å². The van der Waals surface area contributed by atoms with Crippen LogP contribution in [0.15, 0.2) is 33.6 Å². The molecule has 1 amide bonds. The Morgan fingerprint density at radius 1 is 1.19 bits per heavy atom. The van der Waals surface area contributed by atoms with Crippen LogP contribution in [0.2, 0.25) is 5.02 Å². The Morgan fingerprint density at radius 3 is 2.68 bits per heavy atom. The van der Waals surface area contributed by atoms with E-state index in [0.717, 1.165) is 49.8 Å². The molecule has 0 spiro atoms. The molecule has 2 aromatic rings. The summed E-state index contributed by atoms with van der Waals surface area (Å²) in [7, 11) is 0. The van der Waals surface area contributed by atoms with Gasteiger partial charge in [0.05, 0.1) is 25.8 Å². The summed E-state index contributed by atoms with van der Waals surface area (Å²) in [5, 5.41) is 5.21. The maximum atomic E-state index is 13.3. The Bertz CT molecular complexity index is 1090. The fourth-order valence-corrected chi connectivity index (χ4v) is 7.31. The van der Waals surface area contributed by atoms with Crippen LogP contribution in [0.3, 0.4) is 0 Å². The minimum Gasteiger partial charge on any atom is -0.367 e. The highest BCUT2D eigenvalue weighted by molar-refractivity contribution is 8.01. The Balaban J connectivity index is 1.26. The maximum absolute atomic E-state index is 13.3. The van der Waals surface area contributed by atoms with Crippen molar-refractivity contribution >= 4 is 57.8 Å². The predicted molar refractivity (Wildman–Crippen MR) is 127 cm³/mol. The quantitative estimate of drug-likeness (QED) is 0.681. The van der Waals surface area contributed by atoms with Gasteiger partial charge in [0.2, 0.25) is 0 Å². The van der Waals surface area contributed by atoms with E-state index in [-0.39, 0.29) is 23.7 Å². The Hall–Kier alpha value is -2.03. The number of nitrogens with one attached hydrogen (secondary N) is 1. The molecule has 0 bridgehead atoms. The number of aryl methyl sites for hydroxylation is 1. The molecular weight excluding hydrogens is 452 g/mol. The van der Waals surface area contributed by atoms with Crippen molar-refractivity contribution in [1.82, 2.24) is 10.3 Å². The van der Waals surface area contributed by atoms with Gasteiger partial charge in [0, 0.05) is 43.4 Å². The minimum absolute atomic E-state index is 0.0146. The van der Waals surface area contributed by atoms with Crippen LogP contribution in [-0.4, -0.2) is 54.2 Å². The second-order valence-electron chi connectivity index (χ2n) is 8.17. The van der Waals surface area contributed by atoms with Crippen molar-refractivity contribution in [2.75, 3.05) is 36.8 Å². The van der Waals surface area contributed by atoms with Crippen molar-refractivity contribution in [2.24, 2.45) is 11.0 Å². The second kappa shape index (κ2) is 8.15. The summed E-state index contributed by atoms with van der Waals surface area (Å²) in [4.78, 5) is 30.0. The van der Waals surface area contributed by atoms with Crippen molar-refractivity contribution in [1.29, 1.82) is 0 Å². The second-order valence-corrected chi connectivity index (χ2v) is 10.9. The van der Waals surface area contributed by atoms with Gasteiger partial charge in [0.1, 0.15) is 5.71 Å². The smallest absolute Gasteiger partial charge is 0.270 e. The normalized spacial score (nSPS) is 22.5. The van der Waals surface area contributed by atoms with Gasteiger partial charge < -0.3 is 15.2 Å². The zero-order valence-corrected chi connectivity index (χ0v) is 19.7. The molecule has 31 heavy (non-hydrogen) atoms. The van der Waals surface area contributed by atoms with Crippen molar-refractivity contribution in [3.8, 4) is 0 Å². The first-order valence-electron chi connectivity index (χ1n) is 10.3. The highest BCUT2D eigenvalue weighted by atomic mass is 35.5. The van der Waals surface area contributed by atoms with Crippen LogP contribution in [0.1, 0.15) is 33.8 Å². The predicted octanol–water partition coefficient (Wildman–Crippen LogP) is 3.98. The Morgan fingerprint density at radius 2 is 1.97 bits per heavy atom. The van der Waals surface area contributed by atoms with E-state index in [1.54, 1.807) is 30.0 Å². The number of halogens is 1. The van der Waals surface area contributed by atoms with Gasteiger partial charge in [0.15, 0.2) is 5.78 Å². The highest BCUT2D eigenvalue weighted by Gasteiger charge is 2.43. The van der Waals surface area contributed by atoms with E-state index in [2.05, 4.69) is 27.6 Å². The molecule has 1 aromatic heterocycles. The zero-order chi connectivity index (χ0) is 21.7. The number of ketones is 1. The standard InChI is InChI=1S/C22H23ClN4O2S2/c1-12-3-4-17(16(23)9-12)26-5-7-27(8-6-26)21(29)20-15-11-30-22-14(19(15)24-25-20)10-18(31-22)13(2)28/h3-4,9-10,15,19,24H,5-8,11H2,1-2H3.